The number of rotatable bonds is 9. The smallest absolute Gasteiger partial charge is 0.379 e. The van der Waals surface area contributed by atoms with Crippen molar-refractivity contribution >= 4 is 8.80 Å². The highest BCUT2D eigenvalue weighted by atomic mass is 28.4. The third-order valence-corrected chi connectivity index (χ3v) is 8.25. The molecule has 25 heavy (non-hydrogen) atoms. The second-order valence-corrected chi connectivity index (χ2v) is 10.1. The fraction of sp³-hybridized carbons (Fsp3) is 1.00. The summed E-state index contributed by atoms with van der Waals surface area (Å²) in [6.07, 6.45) is 7.72. The van der Waals surface area contributed by atoms with Crippen LogP contribution < -0.4 is 0 Å². The van der Waals surface area contributed by atoms with E-state index in [2.05, 4.69) is 32.6 Å². The predicted octanol–water partition coefficient (Wildman–Crippen LogP) is 3.85. The molecule has 2 unspecified atom stereocenters. The number of fused-ring (bicyclic) bond motifs is 1. The van der Waals surface area contributed by atoms with E-state index in [4.69, 9.17) is 18.0 Å². The molecular formula is C19H39NO4Si. The van der Waals surface area contributed by atoms with Gasteiger partial charge in [-0.05, 0) is 59.9 Å². The van der Waals surface area contributed by atoms with Crippen molar-refractivity contribution in [1.82, 2.24) is 4.90 Å². The van der Waals surface area contributed by atoms with E-state index in [0.29, 0.717) is 25.4 Å². The fourth-order valence-corrected chi connectivity index (χ4v) is 6.98. The normalized spacial score (nSPS) is 27.7. The van der Waals surface area contributed by atoms with Crippen LogP contribution in [0.2, 0.25) is 6.04 Å². The van der Waals surface area contributed by atoms with Crippen LogP contribution in [0.25, 0.3) is 0 Å². The van der Waals surface area contributed by atoms with E-state index in [0.717, 1.165) is 45.0 Å². The zero-order valence-corrected chi connectivity index (χ0v) is 17.8. The Morgan fingerprint density at radius 3 is 2.48 bits per heavy atom. The molecule has 0 aromatic carbocycles. The van der Waals surface area contributed by atoms with Crippen LogP contribution in [0.1, 0.15) is 66.2 Å². The highest BCUT2D eigenvalue weighted by Crippen LogP contribution is 2.33. The summed E-state index contributed by atoms with van der Waals surface area (Å²) in [4.78, 5) is 2.66. The molecule has 0 aromatic heterocycles. The van der Waals surface area contributed by atoms with Crippen LogP contribution >= 0.6 is 0 Å². The van der Waals surface area contributed by atoms with Gasteiger partial charge in [-0.3, -0.25) is 4.90 Å². The van der Waals surface area contributed by atoms with Crippen molar-refractivity contribution in [2.45, 2.75) is 90.5 Å². The van der Waals surface area contributed by atoms with Crippen molar-refractivity contribution < 1.29 is 18.0 Å². The van der Waals surface area contributed by atoms with Gasteiger partial charge in [0.05, 0.1) is 12.2 Å². The van der Waals surface area contributed by atoms with Crippen LogP contribution in [0.3, 0.4) is 0 Å². The van der Waals surface area contributed by atoms with Crippen molar-refractivity contribution in [3.8, 4) is 0 Å². The van der Waals surface area contributed by atoms with Gasteiger partial charge in [0.1, 0.15) is 0 Å². The van der Waals surface area contributed by atoms with Gasteiger partial charge in [0.25, 0.3) is 0 Å². The summed E-state index contributed by atoms with van der Waals surface area (Å²) in [5.74, 6) is 0. The summed E-state index contributed by atoms with van der Waals surface area (Å²) in [6, 6.07) is 1.46. The zero-order chi connectivity index (χ0) is 18.1. The number of hydrogen-bond donors (Lipinski definition) is 0. The standard InChI is InChI=1S/C19H39NO4Si/c1-5-22-25(23-6-2)16-10-14-20(13-9-15-21-17(3)4)18-11-7-8-12-19(18)24-25/h17-19H,5-16H2,1-4H3. The second-order valence-electron chi connectivity index (χ2n) is 7.47. The van der Waals surface area contributed by atoms with E-state index < -0.39 is 8.80 Å². The van der Waals surface area contributed by atoms with Crippen molar-refractivity contribution in [1.29, 1.82) is 0 Å². The monoisotopic (exact) mass is 373 g/mol. The molecular weight excluding hydrogens is 334 g/mol. The van der Waals surface area contributed by atoms with Crippen LogP contribution in [0, 0.1) is 0 Å². The molecule has 1 aliphatic heterocycles. The third kappa shape index (κ3) is 6.59. The Balaban J connectivity index is 1.99. The van der Waals surface area contributed by atoms with E-state index in [1.807, 2.05) is 0 Å². The van der Waals surface area contributed by atoms with E-state index in [9.17, 15) is 0 Å². The SMILES string of the molecule is CCO[Si]1(OCC)CCCN(CCCOC(C)C)C2CCCCC2O1. The van der Waals surface area contributed by atoms with Gasteiger partial charge in [0.2, 0.25) is 0 Å². The topological polar surface area (TPSA) is 40.2 Å². The lowest BCUT2D eigenvalue weighted by atomic mass is 9.91. The van der Waals surface area contributed by atoms with Gasteiger partial charge in [-0.1, -0.05) is 12.8 Å². The Bertz CT molecular complexity index is 363. The quantitative estimate of drug-likeness (QED) is 0.453. The van der Waals surface area contributed by atoms with Crippen LogP contribution in [0.4, 0.5) is 0 Å². The molecule has 2 aliphatic rings. The molecule has 148 valence electrons. The molecule has 1 saturated carbocycles. The Morgan fingerprint density at radius 1 is 1.08 bits per heavy atom. The van der Waals surface area contributed by atoms with Crippen molar-refractivity contribution in [2.75, 3.05) is 32.9 Å². The molecule has 1 heterocycles. The molecule has 1 aliphatic carbocycles. The van der Waals surface area contributed by atoms with Crippen LogP contribution in [0.15, 0.2) is 0 Å². The molecule has 2 fully saturated rings. The first-order valence-electron chi connectivity index (χ1n) is 10.4. The van der Waals surface area contributed by atoms with Crippen molar-refractivity contribution in [3.05, 3.63) is 0 Å². The number of ether oxygens (including phenoxy) is 1. The average Bonchev–Trinajstić information content (AvgIpc) is 2.56. The van der Waals surface area contributed by atoms with Crippen LogP contribution in [-0.2, 0) is 18.0 Å². The van der Waals surface area contributed by atoms with Gasteiger partial charge < -0.3 is 18.0 Å². The van der Waals surface area contributed by atoms with Gasteiger partial charge in [-0.25, -0.2) is 0 Å². The maximum Gasteiger partial charge on any atom is 0.501 e. The molecule has 0 amide bonds. The van der Waals surface area contributed by atoms with Gasteiger partial charge in [0.15, 0.2) is 0 Å². The lowest BCUT2D eigenvalue weighted by Gasteiger charge is -2.45. The molecule has 0 bridgehead atoms. The molecule has 1 saturated heterocycles. The first-order valence-corrected chi connectivity index (χ1v) is 12.3. The average molecular weight is 374 g/mol. The van der Waals surface area contributed by atoms with E-state index in [-0.39, 0.29) is 6.10 Å². The minimum absolute atomic E-state index is 0.268. The highest BCUT2D eigenvalue weighted by Gasteiger charge is 2.47. The predicted molar refractivity (Wildman–Crippen MR) is 103 cm³/mol. The number of nitrogens with zero attached hydrogens (tertiary/aromatic N) is 1. The summed E-state index contributed by atoms with van der Waals surface area (Å²) >= 11 is 0. The molecule has 0 N–H and O–H groups in total. The van der Waals surface area contributed by atoms with Crippen molar-refractivity contribution in [2.24, 2.45) is 0 Å². The molecule has 2 rings (SSSR count). The number of hydrogen-bond acceptors (Lipinski definition) is 5. The second kappa shape index (κ2) is 11.0. The summed E-state index contributed by atoms with van der Waals surface area (Å²) < 4.78 is 24.6. The van der Waals surface area contributed by atoms with Gasteiger partial charge in [-0.2, -0.15) is 0 Å². The summed E-state index contributed by atoms with van der Waals surface area (Å²) in [7, 11) is -2.51. The molecule has 6 heteroatoms. The Morgan fingerprint density at radius 2 is 1.80 bits per heavy atom. The van der Waals surface area contributed by atoms with Crippen molar-refractivity contribution in [3.63, 3.8) is 0 Å². The van der Waals surface area contributed by atoms with Gasteiger partial charge in [-0.15, -0.1) is 0 Å². The highest BCUT2D eigenvalue weighted by molar-refractivity contribution is 6.60. The first kappa shape index (κ1) is 21.3. The third-order valence-electron chi connectivity index (χ3n) is 5.17. The Kier molecular flexibility index (Phi) is 9.38. The largest absolute Gasteiger partial charge is 0.501 e. The lowest BCUT2D eigenvalue weighted by molar-refractivity contribution is -0.0387. The van der Waals surface area contributed by atoms with Gasteiger partial charge >= 0.3 is 8.80 Å². The molecule has 5 nitrogen and oxygen atoms in total. The van der Waals surface area contributed by atoms with Crippen LogP contribution in [0.5, 0.6) is 0 Å². The van der Waals surface area contributed by atoms with E-state index in [1.165, 1.54) is 19.3 Å². The minimum Gasteiger partial charge on any atom is -0.379 e. The zero-order valence-electron chi connectivity index (χ0n) is 16.8. The molecule has 0 radical (unpaired) electrons. The summed E-state index contributed by atoms with van der Waals surface area (Å²) in [6.45, 7) is 12.8. The van der Waals surface area contributed by atoms with E-state index in [1.54, 1.807) is 0 Å². The maximum atomic E-state index is 6.66. The van der Waals surface area contributed by atoms with E-state index >= 15 is 0 Å². The first-order chi connectivity index (χ1) is 12.1. The summed E-state index contributed by atoms with van der Waals surface area (Å²) in [5, 5.41) is 0. The lowest BCUT2D eigenvalue weighted by Crippen LogP contribution is -2.57. The molecule has 0 aromatic rings. The van der Waals surface area contributed by atoms with Crippen LogP contribution in [-0.4, -0.2) is 64.9 Å². The molecule has 2 atom stereocenters. The van der Waals surface area contributed by atoms with Gasteiger partial charge in [0, 0.05) is 38.5 Å². The summed E-state index contributed by atoms with van der Waals surface area (Å²) in [5.41, 5.74) is 0. The maximum absolute atomic E-state index is 6.66. The Hall–Kier alpha value is 0.0169. The molecule has 0 spiro atoms. The Labute approximate surface area is 155 Å². The fourth-order valence-electron chi connectivity index (χ4n) is 4.14. The minimum atomic E-state index is -2.51.